The summed E-state index contributed by atoms with van der Waals surface area (Å²) in [4.78, 5) is 11.0. The number of carbonyl (C=O) groups is 1. The van der Waals surface area contributed by atoms with Crippen molar-refractivity contribution < 1.29 is 9.21 Å². The standard InChI is InChI=1S/C19H17BrN2O2/c1-13(23)22-17-8-6-16(7-9-17)21-12-18-10-11-19(24-18)14-2-4-15(20)5-3-14/h2-11,21H,12H2,1H3,(H,22,23). The van der Waals surface area contributed by atoms with Gasteiger partial charge in [-0.15, -0.1) is 0 Å². The number of halogens is 1. The van der Waals surface area contributed by atoms with Crippen LogP contribution in [0.2, 0.25) is 0 Å². The number of amides is 1. The first-order valence-electron chi connectivity index (χ1n) is 7.56. The molecular weight excluding hydrogens is 368 g/mol. The molecule has 0 aliphatic heterocycles. The van der Waals surface area contributed by atoms with Crippen LogP contribution < -0.4 is 10.6 Å². The number of nitrogens with one attached hydrogen (secondary N) is 2. The fourth-order valence-corrected chi connectivity index (χ4v) is 2.57. The number of hydrogen-bond donors (Lipinski definition) is 2. The fraction of sp³-hybridized carbons (Fsp3) is 0.105. The Bertz CT molecular complexity index is 823. The average Bonchev–Trinajstić information content (AvgIpc) is 3.03. The third-order valence-electron chi connectivity index (χ3n) is 3.46. The Morgan fingerprint density at radius 2 is 1.62 bits per heavy atom. The molecule has 2 N–H and O–H groups in total. The van der Waals surface area contributed by atoms with E-state index in [1.54, 1.807) is 0 Å². The summed E-state index contributed by atoms with van der Waals surface area (Å²) in [5, 5.41) is 6.04. The van der Waals surface area contributed by atoms with Crippen LogP contribution in [0.25, 0.3) is 11.3 Å². The van der Waals surface area contributed by atoms with E-state index in [0.29, 0.717) is 6.54 Å². The molecule has 1 amide bonds. The molecule has 0 aliphatic carbocycles. The summed E-state index contributed by atoms with van der Waals surface area (Å²) in [6, 6.07) is 19.5. The summed E-state index contributed by atoms with van der Waals surface area (Å²) in [5.74, 6) is 1.63. The summed E-state index contributed by atoms with van der Waals surface area (Å²) >= 11 is 3.43. The largest absolute Gasteiger partial charge is 0.459 e. The SMILES string of the molecule is CC(=O)Nc1ccc(NCc2ccc(-c3ccc(Br)cc3)o2)cc1. The highest BCUT2D eigenvalue weighted by atomic mass is 79.9. The molecule has 0 saturated heterocycles. The van der Waals surface area contributed by atoms with Crippen LogP contribution >= 0.6 is 15.9 Å². The van der Waals surface area contributed by atoms with Crippen molar-refractivity contribution in [3.63, 3.8) is 0 Å². The van der Waals surface area contributed by atoms with Gasteiger partial charge >= 0.3 is 0 Å². The third-order valence-corrected chi connectivity index (χ3v) is 3.99. The smallest absolute Gasteiger partial charge is 0.221 e. The molecule has 0 fully saturated rings. The molecule has 0 bridgehead atoms. The predicted octanol–water partition coefficient (Wildman–Crippen LogP) is 5.28. The van der Waals surface area contributed by atoms with Gasteiger partial charge in [-0.2, -0.15) is 0 Å². The highest BCUT2D eigenvalue weighted by Crippen LogP contribution is 2.24. The highest BCUT2D eigenvalue weighted by molar-refractivity contribution is 9.10. The maximum atomic E-state index is 11.0. The Labute approximate surface area is 149 Å². The van der Waals surface area contributed by atoms with E-state index in [-0.39, 0.29) is 5.91 Å². The number of carbonyl (C=O) groups excluding carboxylic acids is 1. The van der Waals surface area contributed by atoms with Crippen LogP contribution in [0.1, 0.15) is 12.7 Å². The van der Waals surface area contributed by atoms with Crippen molar-refractivity contribution in [2.75, 3.05) is 10.6 Å². The van der Waals surface area contributed by atoms with Crippen molar-refractivity contribution in [2.45, 2.75) is 13.5 Å². The summed E-state index contributed by atoms with van der Waals surface area (Å²) < 4.78 is 6.92. The van der Waals surface area contributed by atoms with Crippen molar-refractivity contribution in [2.24, 2.45) is 0 Å². The summed E-state index contributed by atoms with van der Waals surface area (Å²) in [5.41, 5.74) is 2.79. The molecule has 3 rings (SSSR count). The van der Waals surface area contributed by atoms with Gasteiger partial charge in [-0.3, -0.25) is 4.79 Å². The minimum absolute atomic E-state index is 0.0771. The van der Waals surface area contributed by atoms with Crippen LogP contribution in [-0.2, 0) is 11.3 Å². The van der Waals surface area contributed by atoms with E-state index < -0.39 is 0 Å². The first-order valence-corrected chi connectivity index (χ1v) is 8.35. The van der Waals surface area contributed by atoms with E-state index in [1.165, 1.54) is 6.92 Å². The monoisotopic (exact) mass is 384 g/mol. The van der Waals surface area contributed by atoms with Gasteiger partial charge in [0.15, 0.2) is 0 Å². The maximum Gasteiger partial charge on any atom is 0.221 e. The van der Waals surface area contributed by atoms with Gasteiger partial charge in [-0.25, -0.2) is 0 Å². The van der Waals surface area contributed by atoms with Crippen LogP contribution in [0.15, 0.2) is 69.6 Å². The first-order chi connectivity index (χ1) is 11.6. The molecule has 2 aromatic carbocycles. The molecular formula is C19H17BrN2O2. The van der Waals surface area contributed by atoms with E-state index in [2.05, 4.69) is 26.6 Å². The number of rotatable bonds is 5. The molecule has 0 saturated carbocycles. The van der Waals surface area contributed by atoms with Crippen molar-refractivity contribution in [1.82, 2.24) is 0 Å². The van der Waals surface area contributed by atoms with Crippen LogP contribution in [0.3, 0.4) is 0 Å². The molecule has 24 heavy (non-hydrogen) atoms. The Hall–Kier alpha value is -2.53. The fourth-order valence-electron chi connectivity index (χ4n) is 2.31. The lowest BCUT2D eigenvalue weighted by molar-refractivity contribution is -0.114. The molecule has 0 aliphatic rings. The number of anilines is 2. The zero-order valence-corrected chi connectivity index (χ0v) is 14.8. The molecule has 0 unspecified atom stereocenters. The van der Waals surface area contributed by atoms with Gasteiger partial charge in [-0.1, -0.05) is 28.1 Å². The number of benzene rings is 2. The van der Waals surface area contributed by atoms with Gasteiger partial charge in [0.05, 0.1) is 6.54 Å². The molecule has 1 heterocycles. The van der Waals surface area contributed by atoms with Gasteiger partial charge in [-0.05, 0) is 48.5 Å². The van der Waals surface area contributed by atoms with Crippen molar-refractivity contribution in [3.8, 4) is 11.3 Å². The number of furan rings is 1. The van der Waals surface area contributed by atoms with E-state index in [0.717, 1.165) is 32.9 Å². The second-order valence-corrected chi connectivity index (χ2v) is 6.30. The Balaban J connectivity index is 1.61. The summed E-state index contributed by atoms with van der Waals surface area (Å²) in [6.07, 6.45) is 0. The molecule has 0 spiro atoms. The van der Waals surface area contributed by atoms with Gasteiger partial charge < -0.3 is 15.1 Å². The van der Waals surface area contributed by atoms with Gasteiger partial charge in [0.1, 0.15) is 11.5 Å². The zero-order valence-electron chi connectivity index (χ0n) is 13.2. The molecule has 0 radical (unpaired) electrons. The summed E-state index contributed by atoms with van der Waals surface area (Å²) in [7, 11) is 0. The third kappa shape index (κ3) is 4.26. The van der Waals surface area contributed by atoms with Crippen molar-refractivity contribution in [3.05, 3.63) is 70.9 Å². The minimum atomic E-state index is -0.0771. The van der Waals surface area contributed by atoms with Crippen molar-refractivity contribution >= 4 is 33.2 Å². The molecule has 3 aromatic rings. The highest BCUT2D eigenvalue weighted by Gasteiger charge is 2.05. The first kappa shape index (κ1) is 16.3. The average molecular weight is 385 g/mol. The number of hydrogen-bond acceptors (Lipinski definition) is 3. The second kappa shape index (κ2) is 7.36. The van der Waals surface area contributed by atoms with Crippen molar-refractivity contribution in [1.29, 1.82) is 0 Å². The normalized spacial score (nSPS) is 10.4. The molecule has 122 valence electrons. The van der Waals surface area contributed by atoms with Crippen LogP contribution in [0, 0.1) is 0 Å². The van der Waals surface area contributed by atoms with E-state index >= 15 is 0 Å². The quantitative estimate of drug-likeness (QED) is 0.628. The topological polar surface area (TPSA) is 54.3 Å². The zero-order chi connectivity index (χ0) is 16.9. The Kier molecular flexibility index (Phi) is 5.01. The van der Waals surface area contributed by atoms with Gasteiger partial charge in [0, 0.05) is 28.3 Å². The maximum absolute atomic E-state index is 11.0. The molecule has 5 heteroatoms. The summed E-state index contributed by atoms with van der Waals surface area (Å²) in [6.45, 7) is 2.09. The Morgan fingerprint density at radius 1 is 0.958 bits per heavy atom. The molecule has 1 aromatic heterocycles. The van der Waals surface area contributed by atoms with Crippen LogP contribution in [-0.4, -0.2) is 5.91 Å². The van der Waals surface area contributed by atoms with E-state index in [1.807, 2.05) is 60.7 Å². The lowest BCUT2D eigenvalue weighted by Crippen LogP contribution is -2.05. The lowest BCUT2D eigenvalue weighted by Gasteiger charge is -2.06. The molecule has 0 atom stereocenters. The minimum Gasteiger partial charge on any atom is -0.459 e. The Morgan fingerprint density at radius 3 is 2.29 bits per heavy atom. The second-order valence-electron chi connectivity index (χ2n) is 5.38. The van der Waals surface area contributed by atoms with Crippen LogP contribution in [0.4, 0.5) is 11.4 Å². The van der Waals surface area contributed by atoms with Gasteiger partial charge in [0.2, 0.25) is 5.91 Å². The van der Waals surface area contributed by atoms with E-state index in [4.69, 9.17) is 4.42 Å². The van der Waals surface area contributed by atoms with Gasteiger partial charge in [0.25, 0.3) is 0 Å². The molecule has 4 nitrogen and oxygen atoms in total. The predicted molar refractivity (Wildman–Crippen MR) is 99.9 cm³/mol. The lowest BCUT2D eigenvalue weighted by atomic mass is 10.2. The van der Waals surface area contributed by atoms with Crippen LogP contribution in [0.5, 0.6) is 0 Å². The van der Waals surface area contributed by atoms with E-state index in [9.17, 15) is 4.79 Å².